The first-order chi connectivity index (χ1) is 12.4. The number of carboxylic acids is 1. The molecule has 1 unspecified atom stereocenters. The van der Waals surface area contributed by atoms with Crippen LogP contribution in [0.3, 0.4) is 0 Å². The number of amides is 1. The van der Waals surface area contributed by atoms with Crippen molar-refractivity contribution in [3.63, 3.8) is 0 Å². The van der Waals surface area contributed by atoms with Crippen LogP contribution in [0.5, 0.6) is 0 Å². The van der Waals surface area contributed by atoms with E-state index < -0.39 is 35.6 Å². The summed E-state index contributed by atoms with van der Waals surface area (Å²) in [6, 6.07) is 8.45. The number of benzene rings is 2. The minimum atomic E-state index is -1.37. The van der Waals surface area contributed by atoms with Gasteiger partial charge in [0.1, 0.15) is 18.5 Å². The highest BCUT2D eigenvalue weighted by Gasteiger charge is 2.21. The van der Waals surface area contributed by atoms with E-state index in [9.17, 15) is 22.8 Å². The first-order valence-corrected chi connectivity index (χ1v) is 7.70. The van der Waals surface area contributed by atoms with Gasteiger partial charge in [-0.1, -0.05) is 30.3 Å². The van der Waals surface area contributed by atoms with Crippen molar-refractivity contribution < 1.29 is 32.6 Å². The highest BCUT2D eigenvalue weighted by molar-refractivity contribution is 5.79. The average molecular weight is 367 g/mol. The van der Waals surface area contributed by atoms with E-state index in [1.165, 1.54) is 0 Å². The maximum absolute atomic E-state index is 13.6. The first-order valence-electron chi connectivity index (χ1n) is 7.70. The lowest BCUT2D eigenvalue weighted by Crippen LogP contribution is -2.41. The van der Waals surface area contributed by atoms with Crippen molar-refractivity contribution in [3.8, 4) is 0 Å². The Kier molecular flexibility index (Phi) is 6.60. The molecule has 2 rings (SSSR count). The van der Waals surface area contributed by atoms with E-state index in [0.29, 0.717) is 12.1 Å². The normalized spacial score (nSPS) is 11.7. The number of aryl methyl sites for hydroxylation is 1. The van der Waals surface area contributed by atoms with Crippen LogP contribution in [-0.4, -0.2) is 23.2 Å². The Balaban J connectivity index is 1.91. The molecule has 2 N–H and O–H groups in total. The van der Waals surface area contributed by atoms with Gasteiger partial charge in [-0.25, -0.2) is 22.8 Å². The molecule has 1 amide bonds. The lowest BCUT2D eigenvalue weighted by Gasteiger charge is -2.15. The summed E-state index contributed by atoms with van der Waals surface area (Å²) in [5.74, 6) is -4.91. The predicted molar refractivity (Wildman–Crippen MR) is 85.8 cm³/mol. The first kappa shape index (κ1) is 19.3. The number of hydrogen-bond acceptors (Lipinski definition) is 3. The smallest absolute Gasteiger partial charge is 0.408 e. The summed E-state index contributed by atoms with van der Waals surface area (Å²) in [6.07, 6.45) is -1.39. The van der Waals surface area contributed by atoms with Gasteiger partial charge in [0.2, 0.25) is 0 Å². The highest BCUT2D eigenvalue weighted by atomic mass is 19.2. The van der Waals surface area contributed by atoms with Crippen LogP contribution in [-0.2, 0) is 22.6 Å². The minimum absolute atomic E-state index is 0.0448. The molecule has 0 aliphatic carbocycles. The van der Waals surface area contributed by atoms with E-state index in [1.54, 1.807) is 30.3 Å². The van der Waals surface area contributed by atoms with E-state index in [0.717, 1.165) is 5.56 Å². The van der Waals surface area contributed by atoms with Gasteiger partial charge in [0.25, 0.3) is 0 Å². The summed E-state index contributed by atoms with van der Waals surface area (Å²) >= 11 is 0. The number of ether oxygens (including phenoxy) is 1. The van der Waals surface area contributed by atoms with Gasteiger partial charge in [-0.2, -0.15) is 0 Å². The Bertz CT molecular complexity index is 784. The van der Waals surface area contributed by atoms with Crippen molar-refractivity contribution >= 4 is 12.1 Å². The standard InChI is InChI=1S/C18H16F3NO4/c19-13-9-15(21)14(20)8-12(13)6-7-16(17(23)24)22-18(25)26-10-11-4-2-1-3-5-11/h1-5,8-9,16H,6-7,10H2,(H,22,25)(H,23,24). The summed E-state index contributed by atoms with van der Waals surface area (Å²) in [5.41, 5.74) is 0.535. The van der Waals surface area contributed by atoms with Gasteiger partial charge in [-0.3, -0.25) is 0 Å². The molecule has 0 bridgehead atoms. The van der Waals surface area contributed by atoms with Gasteiger partial charge in [0.05, 0.1) is 0 Å². The van der Waals surface area contributed by atoms with Gasteiger partial charge in [-0.05, 0) is 30.0 Å². The molecule has 2 aromatic carbocycles. The van der Waals surface area contributed by atoms with Gasteiger partial charge in [0.15, 0.2) is 11.6 Å². The number of aliphatic carboxylic acids is 1. The Morgan fingerprint density at radius 3 is 2.35 bits per heavy atom. The maximum Gasteiger partial charge on any atom is 0.408 e. The Morgan fingerprint density at radius 2 is 1.69 bits per heavy atom. The molecule has 0 spiro atoms. The summed E-state index contributed by atoms with van der Waals surface area (Å²) in [4.78, 5) is 23.0. The molecule has 0 radical (unpaired) electrons. The average Bonchev–Trinajstić information content (AvgIpc) is 2.61. The minimum Gasteiger partial charge on any atom is -0.480 e. The van der Waals surface area contributed by atoms with Crippen LogP contribution in [0.4, 0.5) is 18.0 Å². The summed E-state index contributed by atoms with van der Waals surface area (Å²) in [5, 5.41) is 11.3. The molecule has 26 heavy (non-hydrogen) atoms. The molecular formula is C18H16F3NO4. The number of hydrogen-bond donors (Lipinski definition) is 2. The van der Waals surface area contributed by atoms with Crippen molar-refractivity contribution in [2.45, 2.75) is 25.5 Å². The van der Waals surface area contributed by atoms with Gasteiger partial charge in [-0.15, -0.1) is 0 Å². The topological polar surface area (TPSA) is 75.6 Å². The molecule has 138 valence electrons. The van der Waals surface area contributed by atoms with Crippen LogP contribution in [0.1, 0.15) is 17.5 Å². The van der Waals surface area contributed by atoms with Gasteiger partial charge >= 0.3 is 12.1 Å². The van der Waals surface area contributed by atoms with Crippen molar-refractivity contribution in [2.75, 3.05) is 0 Å². The van der Waals surface area contributed by atoms with E-state index in [2.05, 4.69) is 5.32 Å². The fraction of sp³-hybridized carbons (Fsp3) is 0.222. The van der Waals surface area contributed by atoms with Crippen molar-refractivity contribution in [1.29, 1.82) is 0 Å². The second-order valence-electron chi connectivity index (χ2n) is 5.49. The predicted octanol–water partition coefficient (Wildman–Crippen LogP) is 3.42. The molecule has 0 saturated carbocycles. The molecule has 0 aromatic heterocycles. The van der Waals surface area contributed by atoms with Crippen LogP contribution < -0.4 is 5.32 Å². The second-order valence-corrected chi connectivity index (χ2v) is 5.49. The van der Waals surface area contributed by atoms with E-state index in [-0.39, 0.29) is 25.0 Å². The number of carboxylic acid groups (broad SMARTS) is 1. The molecular weight excluding hydrogens is 351 g/mol. The molecule has 8 heteroatoms. The van der Waals surface area contributed by atoms with Gasteiger partial charge in [0, 0.05) is 6.07 Å². The SMILES string of the molecule is O=C(NC(CCc1cc(F)c(F)cc1F)C(=O)O)OCc1ccccc1. The monoisotopic (exact) mass is 367 g/mol. The molecule has 2 aromatic rings. The highest BCUT2D eigenvalue weighted by Crippen LogP contribution is 2.16. The summed E-state index contributed by atoms with van der Waals surface area (Å²) < 4.78 is 44.6. The molecule has 1 atom stereocenters. The zero-order valence-electron chi connectivity index (χ0n) is 13.5. The number of nitrogens with one attached hydrogen (secondary N) is 1. The molecule has 0 heterocycles. The Labute approximate surface area is 147 Å². The third-order valence-electron chi connectivity index (χ3n) is 3.59. The van der Waals surface area contributed by atoms with E-state index in [4.69, 9.17) is 9.84 Å². The maximum atomic E-state index is 13.6. The summed E-state index contributed by atoms with van der Waals surface area (Å²) in [6.45, 7) is -0.0448. The lowest BCUT2D eigenvalue weighted by molar-refractivity contribution is -0.139. The number of carbonyl (C=O) groups is 2. The van der Waals surface area contributed by atoms with Crippen molar-refractivity contribution in [2.24, 2.45) is 0 Å². The van der Waals surface area contributed by atoms with Crippen LogP contribution in [0.15, 0.2) is 42.5 Å². The largest absolute Gasteiger partial charge is 0.480 e. The molecule has 0 fully saturated rings. The van der Waals surface area contributed by atoms with Gasteiger partial charge < -0.3 is 15.2 Å². The fourth-order valence-electron chi connectivity index (χ4n) is 2.22. The van der Waals surface area contributed by atoms with Crippen LogP contribution in [0.25, 0.3) is 0 Å². The van der Waals surface area contributed by atoms with Crippen molar-refractivity contribution in [3.05, 3.63) is 71.0 Å². The summed E-state index contributed by atoms with van der Waals surface area (Å²) in [7, 11) is 0. The number of rotatable bonds is 7. The molecule has 0 saturated heterocycles. The number of carbonyl (C=O) groups excluding carboxylic acids is 1. The Morgan fingerprint density at radius 1 is 1.04 bits per heavy atom. The number of alkyl carbamates (subject to hydrolysis) is 1. The van der Waals surface area contributed by atoms with E-state index in [1.807, 2.05) is 0 Å². The van der Waals surface area contributed by atoms with Crippen LogP contribution >= 0.6 is 0 Å². The zero-order valence-corrected chi connectivity index (χ0v) is 13.5. The molecule has 5 nitrogen and oxygen atoms in total. The quantitative estimate of drug-likeness (QED) is 0.736. The lowest BCUT2D eigenvalue weighted by atomic mass is 10.0. The van der Waals surface area contributed by atoms with Crippen LogP contribution in [0, 0.1) is 17.5 Å². The fourth-order valence-corrected chi connectivity index (χ4v) is 2.22. The third kappa shape index (κ3) is 5.51. The van der Waals surface area contributed by atoms with Crippen molar-refractivity contribution in [1.82, 2.24) is 5.32 Å². The van der Waals surface area contributed by atoms with E-state index >= 15 is 0 Å². The Hall–Kier alpha value is -3.03. The zero-order chi connectivity index (χ0) is 19.1. The number of halogens is 3. The van der Waals surface area contributed by atoms with Crippen LogP contribution in [0.2, 0.25) is 0 Å². The second kappa shape index (κ2) is 8.89. The molecule has 0 aliphatic heterocycles. The third-order valence-corrected chi connectivity index (χ3v) is 3.59. The molecule has 0 aliphatic rings.